The van der Waals surface area contributed by atoms with Gasteiger partial charge in [0.25, 0.3) is 0 Å². The zero-order chi connectivity index (χ0) is 36.3. The first kappa shape index (κ1) is 39.4. The Hall–Kier alpha value is -2.79. The maximum absolute atomic E-state index is 14.1. The fourth-order valence-electron chi connectivity index (χ4n) is 6.49. The first-order valence-corrected chi connectivity index (χ1v) is 19.9. The summed E-state index contributed by atoms with van der Waals surface area (Å²) in [6, 6.07) is 12.3. The zero-order valence-corrected chi connectivity index (χ0v) is 31.5. The number of nitriles is 1. The minimum absolute atomic E-state index is 0.0450. The molecule has 3 aromatic rings. The lowest BCUT2D eigenvalue weighted by molar-refractivity contribution is -0.204. The molecule has 0 amide bonds. The highest BCUT2D eigenvalue weighted by molar-refractivity contribution is 7.48. The number of halogens is 1. The molecule has 2 saturated heterocycles. The SMILES string of the molecule is CCCCCCCCCCCCOCCCOP(=O)(OC[C@H]1O[C@@](C#N)(c2ccc3c(N)ncnn23)[C@@H]2OC(C)(C)O[C@@H]21)Oc1ccccc1Cl. The number of phosphoric acid groups is 1. The molecule has 5 atom stereocenters. The molecule has 0 radical (unpaired) electrons. The molecule has 13 nitrogen and oxygen atoms in total. The van der Waals surface area contributed by atoms with Crippen LogP contribution >= 0.6 is 19.4 Å². The first-order chi connectivity index (χ1) is 24.6. The molecule has 2 aromatic heterocycles. The van der Waals surface area contributed by atoms with Gasteiger partial charge in [-0.25, -0.2) is 14.1 Å². The predicted octanol–water partition coefficient (Wildman–Crippen LogP) is 8.15. The Bertz CT molecular complexity index is 1650. The van der Waals surface area contributed by atoms with Gasteiger partial charge in [-0.2, -0.15) is 10.4 Å². The topological polar surface area (TPSA) is 162 Å². The Balaban J connectivity index is 1.17. The van der Waals surface area contributed by atoms with E-state index in [0.29, 0.717) is 30.8 Å². The summed E-state index contributed by atoms with van der Waals surface area (Å²) in [6.07, 6.45) is 11.8. The van der Waals surface area contributed by atoms with Crippen LogP contribution in [0, 0.1) is 11.3 Å². The molecular weight excluding hydrogens is 697 g/mol. The Labute approximate surface area is 305 Å². The van der Waals surface area contributed by atoms with Crippen LogP contribution < -0.4 is 10.3 Å². The zero-order valence-electron chi connectivity index (χ0n) is 29.8. The second-order valence-corrected chi connectivity index (χ2v) is 15.4. The fraction of sp³-hybridized carbons (Fsp3) is 0.639. The number of hydrogen-bond donors (Lipinski definition) is 1. The highest BCUT2D eigenvalue weighted by Gasteiger charge is 2.65. The van der Waals surface area contributed by atoms with Crippen LogP contribution in [-0.2, 0) is 38.2 Å². The van der Waals surface area contributed by atoms with Crippen molar-refractivity contribution in [1.29, 1.82) is 5.26 Å². The normalized spacial score (nSPS) is 23.6. The number of nitrogen functional groups attached to an aromatic ring is 1. The predicted molar refractivity (Wildman–Crippen MR) is 192 cm³/mol. The van der Waals surface area contributed by atoms with Crippen molar-refractivity contribution < 1.29 is 37.1 Å². The lowest BCUT2D eigenvalue weighted by Gasteiger charge is -2.29. The molecule has 2 fully saturated rings. The third-order valence-corrected chi connectivity index (χ3v) is 10.7. The van der Waals surface area contributed by atoms with Gasteiger partial charge in [0.1, 0.15) is 42.0 Å². The van der Waals surface area contributed by atoms with E-state index in [-0.39, 0.29) is 29.8 Å². The molecular formula is C36H51ClN5O8P. The molecule has 2 aliphatic rings. The van der Waals surface area contributed by atoms with Crippen LogP contribution in [0.5, 0.6) is 5.75 Å². The van der Waals surface area contributed by atoms with Crippen molar-refractivity contribution in [3.05, 3.63) is 53.4 Å². The van der Waals surface area contributed by atoms with Gasteiger partial charge in [0.15, 0.2) is 11.6 Å². The summed E-state index contributed by atoms with van der Waals surface area (Å²) in [5.41, 5.74) is 5.26. The molecule has 1 aromatic carbocycles. The monoisotopic (exact) mass is 747 g/mol. The smallest absolute Gasteiger partial charge is 0.402 e. The second-order valence-electron chi connectivity index (χ2n) is 13.4. The van der Waals surface area contributed by atoms with Crippen LogP contribution in [-0.4, -0.2) is 65.1 Å². The Morgan fingerprint density at radius 1 is 0.941 bits per heavy atom. The van der Waals surface area contributed by atoms with Crippen molar-refractivity contribution in [3.8, 4) is 11.8 Å². The van der Waals surface area contributed by atoms with E-state index in [1.54, 1.807) is 50.2 Å². The van der Waals surface area contributed by atoms with E-state index in [1.807, 2.05) is 0 Å². The van der Waals surface area contributed by atoms with E-state index in [0.717, 1.165) is 12.8 Å². The number of aromatic nitrogens is 3. The number of nitrogens with two attached hydrogens (primary N) is 1. The number of para-hydroxylation sites is 1. The van der Waals surface area contributed by atoms with Crippen molar-refractivity contribution in [2.24, 2.45) is 0 Å². The van der Waals surface area contributed by atoms with Gasteiger partial charge in [-0.1, -0.05) is 88.4 Å². The maximum atomic E-state index is 14.1. The molecule has 2 aliphatic heterocycles. The molecule has 4 heterocycles. The van der Waals surface area contributed by atoms with Crippen molar-refractivity contribution in [2.45, 2.75) is 121 Å². The van der Waals surface area contributed by atoms with E-state index in [4.69, 9.17) is 49.9 Å². The number of rotatable bonds is 22. The van der Waals surface area contributed by atoms with Gasteiger partial charge in [0, 0.05) is 13.2 Å². The third-order valence-electron chi connectivity index (χ3n) is 9.03. The van der Waals surface area contributed by atoms with Crippen LogP contribution in [0.4, 0.5) is 5.82 Å². The quantitative estimate of drug-likeness (QED) is 0.0777. The van der Waals surface area contributed by atoms with Gasteiger partial charge >= 0.3 is 7.82 Å². The average molecular weight is 748 g/mol. The Kier molecular flexibility index (Phi) is 14.1. The van der Waals surface area contributed by atoms with Gasteiger partial charge in [-0.3, -0.25) is 9.05 Å². The molecule has 5 rings (SSSR count). The molecule has 0 spiro atoms. The molecule has 280 valence electrons. The number of hydrogen-bond acceptors (Lipinski definition) is 12. The molecule has 15 heteroatoms. The number of phosphoric ester groups is 1. The van der Waals surface area contributed by atoms with Gasteiger partial charge < -0.3 is 29.2 Å². The minimum atomic E-state index is -4.27. The third kappa shape index (κ3) is 10.0. The lowest BCUT2D eigenvalue weighted by atomic mass is 9.92. The van der Waals surface area contributed by atoms with Crippen molar-refractivity contribution in [3.63, 3.8) is 0 Å². The highest BCUT2D eigenvalue weighted by Crippen LogP contribution is 2.54. The van der Waals surface area contributed by atoms with Crippen LogP contribution in [0.3, 0.4) is 0 Å². The van der Waals surface area contributed by atoms with Crippen LogP contribution in [0.15, 0.2) is 42.7 Å². The number of ether oxygens (including phenoxy) is 4. The summed E-state index contributed by atoms with van der Waals surface area (Å²) in [4.78, 5) is 4.04. The largest absolute Gasteiger partial charge is 0.530 e. The minimum Gasteiger partial charge on any atom is -0.402 e. The van der Waals surface area contributed by atoms with E-state index in [2.05, 4.69) is 23.1 Å². The number of anilines is 1. The van der Waals surface area contributed by atoms with Crippen molar-refractivity contribution >= 4 is 30.8 Å². The van der Waals surface area contributed by atoms with Gasteiger partial charge in [-0.15, -0.1) is 0 Å². The van der Waals surface area contributed by atoms with E-state index >= 15 is 0 Å². The van der Waals surface area contributed by atoms with Crippen molar-refractivity contribution in [1.82, 2.24) is 14.6 Å². The number of nitrogens with zero attached hydrogens (tertiary/aromatic N) is 4. The standard InChI is InChI=1S/C36H51ClN5O8P/c1-4-5-6-7-8-9-10-11-12-15-21-44-22-16-23-45-51(43,50-29-18-14-13-17-27(29)37)46-24-30-32-33(49-35(2,3)48-32)36(25-38,47-30)31-20-19-28-34(39)40-26-41-42(28)31/h13-14,17-20,26,30,32-33H,4-12,15-16,21-24H2,1-3H3,(H2,39,40,41)/t30-,32-,33-,36+,51?/m1/s1. The summed E-state index contributed by atoms with van der Waals surface area (Å²) in [7, 11) is -4.27. The molecule has 51 heavy (non-hydrogen) atoms. The van der Waals surface area contributed by atoms with Crippen LogP contribution in [0.1, 0.15) is 97.1 Å². The van der Waals surface area contributed by atoms with Gasteiger partial charge in [0.05, 0.1) is 23.9 Å². The first-order valence-electron chi connectivity index (χ1n) is 18.1. The summed E-state index contributed by atoms with van der Waals surface area (Å²) in [5, 5.41) is 15.2. The van der Waals surface area contributed by atoms with Gasteiger partial charge in [0.2, 0.25) is 5.60 Å². The summed E-state index contributed by atoms with van der Waals surface area (Å²) in [6.45, 7) is 6.56. The van der Waals surface area contributed by atoms with Crippen LogP contribution in [0.2, 0.25) is 5.02 Å². The van der Waals surface area contributed by atoms with Crippen LogP contribution in [0.25, 0.3) is 5.52 Å². The van der Waals surface area contributed by atoms with E-state index in [1.165, 1.54) is 62.2 Å². The van der Waals surface area contributed by atoms with Crippen molar-refractivity contribution in [2.75, 3.05) is 32.2 Å². The Morgan fingerprint density at radius 3 is 2.37 bits per heavy atom. The highest BCUT2D eigenvalue weighted by atomic mass is 35.5. The fourth-order valence-corrected chi connectivity index (χ4v) is 7.98. The average Bonchev–Trinajstić information content (AvgIpc) is 3.77. The summed E-state index contributed by atoms with van der Waals surface area (Å²) < 4.78 is 57.8. The molecule has 1 unspecified atom stereocenters. The molecule has 2 N–H and O–H groups in total. The number of unbranched alkanes of at least 4 members (excludes halogenated alkanes) is 9. The van der Waals surface area contributed by atoms with Gasteiger partial charge in [-0.05, 0) is 51.0 Å². The maximum Gasteiger partial charge on any atom is 0.530 e. The summed E-state index contributed by atoms with van der Waals surface area (Å²) in [5.74, 6) is -0.681. The number of fused-ring (bicyclic) bond motifs is 2. The molecule has 0 bridgehead atoms. The second kappa shape index (κ2) is 18.3. The number of benzene rings is 1. The summed E-state index contributed by atoms with van der Waals surface area (Å²) >= 11 is 6.34. The molecule has 0 saturated carbocycles. The van der Waals surface area contributed by atoms with E-state index < -0.39 is 37.5 Å². The van der Waals surface area contributed by atoms with E-state index in [9.17, 15) is 9.83 Å². The lowest BCUT2D eigenvalue weighted by Crippen LogP contribution is -2.40. The Morgan fingerprint density at radius 2 is 1.65 bits per heavy atom. The molecule has 0 aliphatic carbocycles.